The van der Waals surface area contributed by atoms with E-state index in [9.17, 15) is 34.2 Å². The fraction of sp³-hybridized carbons (Fsp3) is 0.469. The van der Waals surface area contributed by atoms with Crippen molar-refractivity contribution in [1.29, 1.82) is 0 Å². The third-order valence-electron chi connectivity index (χ3n) is 11.0. The largest absolute Gasteiger partial charge is 0.508 e. The van der Waals surface area contributed by atoms with E-state index in [1.807, 2.05) is 43.3 Å². The molecule has 0 spiro atoms. The van der Waals surface area contributed by atoms with Crippen molar-refractivity contribution in [3.05, 3.63) is 107 Å². The number of phenolic OH excluding ortho intramolecular Hbond substituents is 1. The minimum absolute atomic E-state index is 0.00178. The van der Waals surface area contributed by atoms with Gasteiger partial charge in [0.1, 0.15) is 29.7 Å². The van der Waals surface area contributed by atoms with Gasteiger partial charge in [-0.25, -0.2) is 9.78 Å². The van der Waals surface area contributed by atoms with Crippen LogP contribution in [-0.4, -0.2) is 80.5 Å². The Morgan fingerprint density at radius 1 is 0.714 bits per heavy atom. The zero-order chi connectivity index (χ0) is 45.9. The van der Waals surface area contributed by atoms with E-state index < -0.39 is 47.9 Å². The molecule has 4 rings (SSSR count). The lowest BCUT2D eigenvalue weighted by atomic mass is 9.87. The van der Waals surface area contributed by atoms with Crippen LogP contribution in [0.3, 0.4) is 0 Å². The van der Waals surface area contributed by atoms with Crippen molar-refractivity contribution in [2.45, 2.75) is 141 Å². The van der Waals surface area contributed by atoms with Crippen LogP contribution in [0.1, 0.15) is 113 Å². The second-order valence-electron chi connectivity index (χ2n) is 17.5. The maximum atomic E-state index is 14.2. The van der Waals surface area contributed by atoms with Gasteiger partial charge >= 0.3 is 5.97 Å². The maximum Gasteiger partial charge on any atom is 0.326 e. The van der Waals surface area contributed by atoms with E-state index in [0.29, 0.717) is 42.9 Å². The maximum absolute atomic E-state index is 14.2. The number of nitrogens with two attached hydrogens (primary N) is 1. The number of H-pyrrole nitrogens is 1. The van der Waals surface area contributed by atoms with Crippen LogP contribution in [0.4, 0.5) is 0 Å². The Morgan fingerprint density at radius 2 is 1.30 bits per heavy atom. The molecule has 340 valence electrons. The number of aromatic amines is 1. The van der Waals surface area contributed by atoms with Crippen LogP contribution in [0.25, 0.3) is 11.4 Å². The molecule has 4 aromatic rings. The number of aromatic hydroxyl groups is 1. The summed E-state index contributed by atoms with van der Waals surface area (Å²) < 4.78 is 0. The van der Waals surface area contributed by atoms with Crippen LogP contribution in [-0.2, 0) is 48.7 Å². The molecule has 0 aliphatic heterocycles. The molecule has 0 saturated carbocycles. The Balaban J connectivity index is 1.48. The first-order chi connectivity index (χ1) is 30.0. The molecule has 0 bridgehead atoms. The van der Waals surface area contributed by atoms with Gasteiger partial charge in [0.05, 0.1) is 6.04 Å². The molecule has 14 nitrogen and oxygen atoms in total. The van der Waals surface area contributed by atoms with Crippen LogP contribution >= 0.6 is 0 Å². The second-order valence-corrected chi connectivity index (χ2v) is 17.5. The van der Waals surface area contributed by atoms with Gasteiger partial charge in [-0.2, -0.15) is 0 Å². The fourth-order valence-electron chi connectivity index (χ4n) is 7.08. The van der Waals surface area contributed by atoms with Gasteiger partial charge in [-0.1, -0.05) is 120 Å². The van der Waals surface area contributed by atoms with Gasteiger partial charge in [-0.15, -0.1) is 0 Å². The number of benzene rings is 3. The summed E-state index contributed by atoms with van der Waals surface area (Å²) in [5.41, 5.74) is 11.4. The lowest BCUT2D eigenvalue weighted by Gasteiger charge is -2.25. The minimum Gasteiger partial charge on any atom is -0.508 e. The molecule has 0 unspecified atom stereocenters. The third-order valence-corrected chi connectivity index (χ3v) is 11.0. The Hall–Kier alpha value is -6.02. The number of imidazole rings is 1. The summed E-state index contributed by atoms with van der Waals surface area (Å²) in [5.74, 6) is -2.61. The first kappa shape index (κ1) is 49.6. The predicted octanol–water partition coefficient (Wildman–Crippen LogP) is 5.93. The van der Waals surface area contributed by atoms with E-state index in [1.54, 1.807) is 18.3 Å². The Kier molecular flexibility index (Phi) is 19.4. The smallest absolute Gasteiger partial charge is 0.326 e. The third kappa shape index (κ3) is 17.0. The molecule has 0 aliphatic rings. The van der Waals surface area contributed by atoms with Crippen molar-refractivity contribution in [3.63, 3.8) is 0 Å². The number of amides is 4. The first-order valence-corrected chi connectivity index (χ1v) is 22.2. The number of hydrogen-bond donors (Lipinski definition) is 8. The number of aliphatic carboxylic acids is 1. The van der Waals surface area contributed by atoms with Gasteiger partial charge in [0, 0.05) is 49.7 Å². The zero-order valence-electron chi connectivity index (χ0n) is 37.5. The molecular weight excluding hydrogens is 799 g/mol. The molecule has 0 fully saturated rings. The zero-order valence-corrected chi connectivity index (χ0v) is 37.5. The summed E-state index contributed by atoms with van der Waals surface area (Å²) in [5, 5.41) is 30.9. The summed E-state index contributed by atoms with van der Waals surface area (Å²) in [6.07, 6.45) is 8.52. The highest BCUT2D eigenvalue weighted by Crippen LogP contribution is 2.25. The van der Waals surface area contributed by atoms with E-state index in [1.165, 1.54) is 17.7 Å². The van der Waals surface area contributed by atoms with Crippen molar-refractivity contribution in [3.8, 4) is 17.1 Å². The van der Waals surface area contributed by atoms with Gasteiger partial charge in [-0.05, 0) is 66.8 Å². The number of phenols is 1. The average Bonchev–Trinajstić information content (AvgIpc) is 3.72. The fourth-order valence-corrected chi connectivity index (χ4v) is 7.08. The summed E-state index contributed by atoms with van der Waals surface area (Å²) in [6, 6.07) is 16.8. The van der Waals surface area contributed by atoms with Crippen molar-refractivity contribution in [2.75, 3.05) is 6.54 Å². The molecule has 4 amide bonds. The van der Waals surface area contributed by atoms with Crippen LogP contribution in [0, 0.1) is 6.92 Å². The Labute approximate surface area is 371 Å². The number of carboxylic acids is 1. The summed E-state index contributed by atoms with van der Waals surface area (Å²) >= 11 is 0. The molecule has 63 heavy (non-hydrogen) atoms. The van der Waals surface area contributed by atoms with Gasteiger partial charge < -0.3 is 42.2 Å². The molecule has 9 N–H and O–H groups in total. The molecule has 0 saturated heterocycles. The quantitative estimate of drug-likeness (QED) is 0.0369. The number of rotatable bonds is 25. The number of nitrogens with zero attached hydrogens (tertiary/aromatic N) is 1. The number of unbranched alkanes of at least 4 members (excludes halogenated alkanes) is 5. The molecule has 14 heteroatoms. The number of nitrogens with one attached hydrogen (secondary N) is 5. The van der Waals surface area contributed by atoms with E-state index in [-0.39, 0.29) is 42.8 Å². The minimum atomic E-state index is -1.34. The standard InChI is InChI=1S/C49H67N7O7/c1-6-7-8-9-10-14-43(58)51-27-12-11-13-40(54-45(59)39(50)30-37-31-52-44(53-37)35-21-23-36(24-22-35)49(3,4)5)46(60)55-41(28-33-17-15-32(2)16-18-33)47(61)56-42(48(62)63)29-34-19-25-38(57)26-20-34/h15-26,31,39-42,57H,6-14,27-30,50H2,1-5H3,(H,51,58)(H,52,53)(H,54,59)(H,55,60)(H,56,61)(H,62,63)/t39-,40-,41+,42-/m0/s1. The van der Waals surface area contributed by atoms with E-state index >= 15 is 0 Å². The molecule has 0 radical (unpaired) electrons. The average molecular weight is 866 g/mol. The highest BCUT2D eigenvalue weighted by Gasteiger charge is 2.31. The monoisotopic (exact) mass is 866 g/mol. The van der Waals surface area contributed by atoms with Gasteiger partial charge in [-0.3, -0.25) is 19.2 Å². The number of carbonyl (C=O) groups is 5. The van der Waals surface area contributed by atoms with E-state index in [0.717, 1.165) is 48.8 Å². The number of carboxylic acid groups (broad SMARTS) is 1. The van der Waals surface area contributed by atoms with E-state index in [4.69, 9.17) is 5.73 Å². The molecule has 1 aromatic heterocycles. The van der Waals surface area contributed by atoms with Gasteiger partial charge in [0.15, 0.2) is 0 Å². The number of aromatic nitrogens is 2. The van der Waals surface area contributed by atoms with Crippen LogP contribution in [0.5, 0.6) is 5.75 Å². The molecule has 4 atom stereocenters. The van der Waals surface area contributed by atoms with Crippen molar-refractivity contribution < 1.29 is 34.2 Å². The van der Waals surface area contributed by atoms with Crippen molar-refractivity contribution >= 4 is 29.6 Å². The SMILES string of the molecule is CCCCCCCC(=O)NCCCC[C@H](NC(=O)[C@@H](N)Cc1cnc(-c2ccc(C(C)(C)C)cc2)[nH]1)C(=O)N[C@H](Cc1ccc(C)cc1)C(=O)N[C@@H](Cc1ccc(O)cc1)C(=O)O. The van der Waals surface area contributed by atoms with Crippen LogP contribution < -0.4 is 27.0 Å². The molecule has 3 aromatic carbocycles. The summed E-state index contributed by atoms with van der Waals surface area (Å²) in [4.78, 5) is 74.4. The van der Waals surface area contributed by atoms with Gasteiger partial charge in [0.2, 0.25) is 23.6 Å². The number of hydrogen-bond acceptors (Lipinski definition) is 8. The number of aryl methyl sites for hydroxylation is 1. The van der Waals surface area contributed by atoms with Crippen LogP contribution in [0.2, 0.25) is 0 Å². The lowest BCUT2D eigenvalue weighted by molar-refractivity contribution is -0.142. The Morgan fingerprint density at radius 3 is 1.94 bits per heavy atom. The normalized spacial score (nSPS) is 13.3. The summed E-state index contributed by atoms with van der Waals surface area (Å²) in [7, 11) is 0. The number of carbonyl (C=O) groups excluding carboxylic acids is 4. The van der Waals surface area contributed by atoms with Gasteiger partial charge in [0.25, 0.3) is 0 Å². The lowest BCUT2D eigenvalue weighted by Crippen LogP contribution is -2.58. The predicted molar refractivity (Wildman–Crippen MR) is 245 cm³/mol. The molecule has 0 aliphatic carbocycles. The second kappa shape index (κ2) is 24.6. The molecule has 1 heterocycles. The molecular formula is C49H67N7O7. The summed E-state index contributed by atoms with van der Waals surface area (Å²) in [6.45, 7) is 10.9. The Bertz CT molecular complexity index is 2080. The van der Waals surface area contributed by atoms with E-state index in [2.05, 4.69) is 71.1 Å². The highest BCUT2D eigenvalue weighted by molar-refractivity contribution is 5.94. The van der Waals surface area contributed by atoms with Crippen molar-refractivity contribution in [2.24, 2.45) is 5.73 Å². The first-order valence-electron chi connectivity index (χ1n) is 22.2. The highest BCUT2D eigenvalue weighted by atomic mass is 16.4. The topological polar surface area (TPSA) is 229 Å². The van der Waals surface area contributed by atoms with Crippen LogP contribution in [0.15, 0.2) is 79.0 Å². The van der Waals surface area contributed by atoms with Crippen molar-refractivity contribution in [1.82, 2.24) is 31.2 Å².